The highest BCUT2D eigenvalue weighted by Crippen LogP contribution is 2.16. The molecule has 0 N–H and O–H groups in total. The van der Waals surface area contributed by atoms with Crippen molar-refractivity contribution in [3.8, 4) is 0 Å². The van der Waals surface area contributed by atoms with E-state index in [0.717, 1.165) is 36.5 Å². The van der Waals surface area contributed by atoms with Gasteiger partial charge in [-0.3, -0.25) is 0 Å². The average Bonchev–Trinajstić information content (AvgIpc) is 2.27. The molecule has 0 heterocycles. The van der Waals surface area contributed by atoms with E-state index in [1.165, 1.54) is 0 Å². The summed E-state index contributed by atoms with van der Waals surface area (Å²) in [6.45, 7) is 3.51. The first kappa shape index (κ1) is 14.2. The molecule has 0 bridgehead atoms. The van der Waals surface area contributed by atoms with E-state index in [-0.39, 0.29) is 5.78 Å². The van der Waals surface area contributed by atoms with E-state index in [1.54, 1.807) is 6.92 Å². The van der Waals surface area contributed by atoms with E-state index in [1.807, 2.05) is 18.2 Å². The van der Waals surface area contributed by atoms with Crippen LogP contribution in [0, 0.1) is 0 Å². The van der Waals surface area contributed by atoms with E-state index in [2.05, 4.69) is 18.0 Å². The molecule has 1 aromatic rings. The van der Waals surface area contributed by atoms with Gasteiger partial charge in [0.25, 0.3) is 0 Å². The summed E-state index contributed by atoms with van der Waals surface area (Å²) in [4.78, 5) is 13.0. The Hall–Kier alpha value is -0.860. The zero-order valence-corrected chi connectivity index (χ0v) is 11.3. The maximum absolute atomic E-state index is 10.8. The lowest BCUT2D eigenvalue weighted by molar-refractivity contribution is -0.117. The molecule has 0 saturated carbocycles. The van der Waals surface area contributed by atoms with Gasteiger partial charge in [0.15, 0.2) is 0 Å². The van der Waals surface area contributed by atoms with Crippen LogP contribution in [0.25, 0.3) is 0 Å². The largest absolute Gasteiger partial charge is 0.302 e. The minimum absolute atomic E-state index is 0.277. The minimum atomic E-state index is 0.277. The van der Waals surface area contributed by atoms with Gasteiger partial charge in [0.2, 0.25) is 0 Å². The SMILES string of the molecule is CC(=O)CCCCN(C)Cc1ccccc1Cl. The van der Waals surface area contributed by atoms with Gasteiger partial charge in [-0.1, -0.05) is 29.8 Å². The second kappa shape index (κ2) is 7.46. The van der Waals surface area contributed by atoms with Gasteiger partial charge in [0, 0.05) is 18.0 Å². The van der Waals surface area contributed by atoms with Gasteiger partial charge in [-0.2, -0.15) is 0 Å². The molecule has 2 nitrogen and oxygen atoms in total. The lowest BCUT2D eigenvalue weighted by Crippen LogP contribution is -2.19. The van der Waals surface area contributed by atoms with Crippen LogP contribution in [0.3, 0.4) is 0 Å². The van der Waals surface area contributed by atoms with Crippen molar-refractivity contribution in [3.05, 3.63) is 34.9 Å². The topological polar surface area (TPSA) is 20.3 Å². The van der Waals surface area contributed by atoms with Crippen LogP contribution in [0.2, 0.25) is 5.02 Å². The maximum Gasteiger partial charge on any atom is 0.129 e. The van der Waals surface area contributed by atoms with Crippen molar-refractivity contribution in [3.63, 3.8) is 0 Å². The summed E-state index contributed by atoms with van der Waals surface area (Å²) in [5, 5.41) is 0.822. The Morgan fingerprint density at radius 3 is 2.65 bits per heavy atom. The molecule has 0 amide bonds. The van der Waals surface area contributed by atoms with Crippen molar-refractivity contribution in [1.29, 1.82) is 0 Å². The molecule has 3 heteroatoms. The fourth-order valence-corrected chi connectivity index (χ4v) is 1.95. The van der Waals surface area contributed by atoms with Gasteiger partial charge < -0.3 is 9.69 Å². The van der Waals surface area contributed by atoms with Gasteiger partial charge in [0.1, 0.15) is 5.78 Å². The quantitative estimate of drug-likeness (QED) is 0.693. The first-order valence-corrected chi connectivity index (χ1v) is 6.39. The summed E-state index contributed by atoms with van der Waals surface area (Å²) in [6, 6.07) is 7.92. The molecule has 0 atom stereocenters. The highest BCUT2D eigenvalue weighted by atomic mass is 35.5. The molecule has 1 aromatic carbocycles. The Kier molecular flexibility index (Phi) is 6.23. The Labute approximate surface area is 109 Å². The molecule has 0 aliphatic carbocycles. The first-order valence-electron chi connectivity index (χ1n) is 6.01. The van der Waals surface area contributed by atoms with Crippen LogP contribution in [0.5, 0.6) is 0 Å². The third kappa shape index (κ3) is 5.85. The number of Topliss-reactive ketones (excluding diaryl/α,β-unsaturated/α-hetero) is 1. The zero-order valence-electron chi connectivity index (χ0n) is 10.6. The molecule has 0 spiro atoms. The van der Waals surface area contributed by atoms with Crippen molar-refractivity contribution in [2.75, 3.05) is 13.6 Å². The van der Waals surface area contributed by atoms with E-state index < -0.39 is 0 Å². The van der Waals surface area contributed by atoms with Crippen LogP contribution < -0.4 is 0 Å². The first-order chi connectivity index (χ1) is 8.09. The molecular weight excluding hydrogens is 234 g/mol. The highest BCUT2D eigenvalue weighted by molar-refractivity contribution is 6.31. The standard InChI is InChI=1S/C14H20ClNO/c1-12(17)7-5-6-10-16(2)11-13-8-3-4-9-14(13)15/h3-4,8-9H,5-7,10-11H2,1-2H3. The molecule has 0 unspecified atom stereocenters. The molecule has 1 rings (SSSR count). The molecule has 0 saturated heterocycles. The van der Waals surface area contributed by atoms with E-state index in [4.69, 9.17) is 11.6 Å². The van der Waals surface area contributed by atoms with Crippen LogP contribution in [-0.4, -0.2) is 24.3 Å². The number of hydrogen-bond donors (Lipinski definition) is 0. The molecule has 0 radical (unpaired) electrons. The van der Waals surface area contributed by atoms with Crippen LogP contribution in [0.15, 0.2) is 24.3 Å². The number of rotatable bonds is 7. The van der Waals surface area contributed by atoms with Crippen LogP contribution in [0.1, 0.15) is 31.7 Å². The number of carbonyl (C=O) groups excluding carboxylic acids is 1. The molecule has 94 valence electrons. The molecule has 0 aliphatic heterocycles. The Morgan fingerprint density at radius 2 is 2.00 bits per heavy atom. The summed E-state index contributed by atoms with van der Waals surface area (Å²) >= 11 is 6.10. The third-order valence-electron chi connectivity index (χ3n) is 2.72. The summed E-state index contributed by atoms with van der Waals surface area (Å²) in [6.07, 6.45) is 2.72. The summed E-state index contributed by atoms with van der Waals surface area (Å²) in [5.41, 5.74) is 1.16. The summed E-state index contributed by atoms with van der Waals surface area (Å²) < 4.78 is 0. The molecular formula is C14H20ClNO. The zero-order chi connectivity index (χ0) is 12.7. The predicted octanol–water partition coefficient (Wildman–Crippen LogP) is 3.53. The van der Waals surface area contributed by atoms with Crippen molar-refractivity contribution >= 4 is 17.4 Å². The lowest BCUT2D eigenvalue weighted by atomic mass is 10.1. The fourth-order valence-electron chi connectivity index (χ4n) is 1.75. The third-order valence-corrected chi connectivity index (χ3v) is 3.09. The average molecular weight is 254 g/mol. The van der Waals surface area contributed by atoms with E-state index in [9.17, 15) is 4.79 Å². The molecule has 17 heavy (non-hydrogen) atoms. The summed E-state index contributed by atoms with van der Waals surface area (Å²) in [5.74, 6) is 0.277. The number of halogens is 1. The molecule has 0 aliphatic rings. The summed E-state index contributed by atoms with van der Waals surface area (Å²) in [7, 11) is 2.08. The van der Waals surface area contributed by atoms with Crippen molar-refractivity contribution < 1.29 is 4.79 Å². The number of benzene rings is 1. The van der Waals surface area contributed by atoms with E-state index >= 15 is 0 Å². The number of carbonyl (C=O) groups is 1. The van der Waals surface area contributed by atoms with Gasteiger partial charge in [-0.05, 0) is 45.0 Å². The Bertz CT molecular complexity index is 365. The number of nitrogens with zero attached hydrogens (tertiary/aromatic N) is 1. The monoisotopic (exact) mass is 253 g/mol. The Balaban J connectivity index is 2.27. The van der Waals surface area contributed by atoms with Gasteiger partial charge in [0.05, 0.1) is 0 Å². The molecule has 0 aromatic heterocycles. The van der Waals surface area contributed by atoms with Gasteiger partial charge in [-0.25, -0.2) is 0 Å². The number of unbranched alkanes of at least 4 members (excludes halogenated alkanes) is 1. The van der Waals surface area contributed by atoms with Crippen molar-refractivity contribution in [2.45, 2.75) is 32.7 Å². The maximum atomic E-state index is 10.8. The predicted molar refractivity (Wildman–Crippen MR) is 72.3 cm³/mol. The lowest BCUT2D eigenvalue weighted by Gasteiger charge is -2.17. The number of ketones is 1. The van der Waals surface area contributed by atoms with Gasteiger partial charge >= 0.3 is 0 Å². The molecule has 0 fully saturated rings. The normalized spacial score (nSPS) is 10.8. The van der Waals surface area contributed by atoms with Crippen LogP contribution in [0.4, 0.5) is 0 Å². The second-order valence-corrected chi connectivity index (χ2v) is 4.90. The van der Waals surface area contributed by atoms with E-state index in [0.29, 0.717) is 6.42 Å². The van der Waals surface area contributed by atoms with Crippen LogP contribution >= 0.6 is 11.6 Å². The highest BCUT2D eigenvalue weighted by Gasteiger charge is 2.03. The van der Waals surface area contributed by atoms with Crippen molar-refractivity contribution in [2.24, 2.45) is 0 Å². The number of hydrogen-bond acceptors (Lipinski definition) is 2. The second-order valence-electron chi connectivity index (χ2n) is 4.49. The Morgan fingerprint density at radius 1 is 1.29 bits per heavy atom. The van der Waals surface area contributed by atoms with Crippen LogP contribution in [-0.2, 0) is 11.3 Å². The minimum Gasteiger partial charge on any atom is -0.302 e. The fraction of sp³-hybridized carbons (Fsp3) is 0.500. The van der Waals surface area contributed by atoms with Gasteiger partial charge in [-0.15, -0.1) is 0 Å². The smallest absolute Gasteiger partial charge is 0.129 e. The van der Waals surface area contributed by atoms with Crippen molar-refractivity contribution in [1.82, 2.24) is 4.90 Å².